The zero-order chi connectivity index (χ0) is 15.2. The van der Waals surface area contributed by atoms with Gasteiger partial charge in [0.15, 0.2) is 0 Å². The number of rotatable bonds is 6. The predicted octanol–water partition coefficient (Wildman–Crippen LogP) is 3.72. The van der Waals surface area contributed by atoms with Crippen LogP contribution in [0.3, 0.4) is 0 Å². The maximum atomic E-state index is 9.94. The van der Waals surface area contributed by atoms with Crippen LogP contribution in [0.25, 0.3) is 0 Å². The van der Waals surface area contributed by atoms with E-state index in [1.807, 2.05) is 44.2 Å². The second-order valence-electron chi connectivity index (χ2n) is 4.76. The van der Waals surface area contributed by atoms with Gasteiger partial charge in [-0.2, -0.15) is 0 Å². The Bertz CT molecular complexity index is 611. The number of phenolic OH excluding ortho intramolecular Hbond substituents is 1. The monoisotopic (exact) mass is 287 g/mol. The molecule has 0 fully saturated rings. The third-order valence-electron chi connectivity index (χ3n) is 3.27. The van der Waals surface area contributed by atoms with E-state index in [-0.39, 0.29) is 5.75 Å². The number of benzene rings is 2. The van der Waals surface area contributed by atoms with Gasteiger partial charge in [0.2, 0.25) is 0 Å². The van der Waals surface area contributed by atoms with Crippen LogP contribution in [-0.2, 0) is 6.54 Å². The molecule has 0 aliphatic carbocycles. The second kappa shape index (κ2) is 6.88. The predicted molar refractivity (Wildman–Crippen MR) is 84.3 cm³/mol. The van der Waals surface area contributed by atoms with Crippen molar-refractivity contribution in [3.63, 3.8) is 0 Å². The molecule has 4 nitrogen and oxygen atoms in total. The standard InChI is InChI=1S/C17H21NO3/c1-4-21-15-7-8-16(12(2)9-15)18-11-13-5-6-14(20-3)10-17(13)19/h5-10,18-19H,4,11H2,1-3H3. The summed E-state index contributed by atoms with van der Waals surface area (Å²) in [5.74, 6) is 1.74. The van der Waals surface area contributed by atoms with Crippen LogP contribution in [-0.4, -0.2) is 18.8 Å². The lowest BCUT2D eigenvalue weighted by Crippen LogP contribution is -2.02. The zero-order valence-electron chi connectivity index (χ0n) is 12.6. The van der Waals surface area contributed by atoms with Gasteiger partial charge in [0.25, 0.3) is 0 Å². The molecule has 0 amide bonds. The molecule has 0 saturated carbocycles. The van der Waals surface area contributed by atoms with Crippen molar-refractivity contribution in [2.24, 2.45) is 0 Å². The SMILES string of the molecule is CCOc1ccc(NCc2ccc(OC)cc2O)c(C)c1. The molecule has 0 aliphatic rings. The van der Waals surface area contributed by atoms with E-state index in [0.717, 1.165) is 22.6 Å². The number of methoxy groups -OCH3 is 1. The molecule has 0 radical (unpaired) electrons. The van der Waals surface area contributed by atoms with E-state index in [2.05, 4.69) is 5.32 Å². The van der Waals surface area contributed by atoms with Gasteiger partial charge < -0.3 is 19.9 Å². The lowest BCUT2D eigenvalue weighted by molar-refractivity contribution is 0.340. The molecule has 112 valence electrons. The van der Waals surface area contributed by atoms with E-state index < -0.39 is 0 Å². The highest BCUT2D eigenvalue weighted by Crippen LogP contribution is 2.26. The van der Waals surface area contributed by atoms with E-state index in [0.29, 0.717) is 18.9 Å². The topological polar surface area (TPSA) is 50.7 Å². The van der Waals surface area contributed by atoms with Crippen LogP contribution in [0.5, 0.6) is 17.2 Å². The molecular formula is C17H21NO3. The fourth-order valence-electron chi connectivity index (χ4n) is 2.10. The minimum atomic E-state index is 0.227. The van der Waals surface area contributed by atoms with Crippen molar-refractivity contribution in [3.05, 3.63) is 47.5 Å². The summed E-state index contributed by atoms with van der Waals surface area (Å²) in [6, 6.07) is 11.2. The van der Waals surface area contributed by atoms with Crippen molar-refractivity contribution in [1.82, 2.24) is 0 Å². The van der Waals surface area contributed by atoms with Gasteiger partial charge in [-0.1, -0.05) is 0 Å². The molecule has 0 heterocycles. The molecule has 0 spiro atoms. The Morgan fingerprint density at radius 3 is 2.48 bits per heavy atom. The molecule has 0 saturated heterocycles. The fraction of sp³-hybridized carbons (Fsp3) is 0.294. The number of hydrogen-bond acceptors (Lipinski definition) is 4. The minimum absolute atomic E-state index is 0.227. The number of phenols is 1. The largest absolute Gasteiger partial charge is 0.507 e. The van der Waals surface area contributed by atoms with Gasteiger partial charge in [0.1, 0.15) is 17.2 Å². The highest BCUT2D eigenvalue weighted by molar-refractivity contribution is 5.54. The van der Waals surface area contributed by atoms with Gasteiger partial charge in [-0.05, 0) is 49.7 Å². The van der Waals surface area contributed by atoms with Crippen molar-refractivity contribution >= 4 is 5.69 Å². The smallest absolute Gasteiger partial charge is 0.124 e. The van der Waals surface area contributed by atoms with E-state index in [4.69, 9.17) is 9.47 Å². The number of anilines is 1. The maximum absolute atomic E-state index is 9.94. The van der Waals surface area contributed by atoms with Crippen LogP contribution in [0.2, 0.25) is 0 Å². The summed E-state index contributed by atoms with van der Waals surface area (Å²) in [6.07, 6.45) is 0. The number of nitrogens with one attached hydrogen (secondary N) is 1. The van der Waals surface area contributed by atoms with Crippen LogP contribution in [0.4, 0.5) is 5.69 Å². The Labute approximate surface area is 125 Å². The molecule has 0 bridgehead atoms. The van der Waals surface area contributed by atoms with Crippen molar-refractivity contribution in [2.45, 2.75) is 20.4 Å². The number of ether oxygens (including phenoxy) is 2. The normalized spacial score (nSPS) is 10.2. The number of aromatic hydroxyl groups is 1. The Morgan fingerprint density at radius 2 is 1.86 bits per heavy atom. The first-order chi connectivity index (χ1) is 10.1. The molecule has 0 aliphatic heterocycles. The van der Waals surface area contributed by atoms with E-state index in [1.54, 1.807) is 13.2 Å². The Kier molecular flexibility index (Phi) is 4.93. The van der Waals surface area contributed by atoms with Gasteiger partial charge in [-0.15, -0.1) is 0 Å². The van der Waals surface area contributed by atoms with Crippen LogP contribution in [0.1, 0.15) is 18.1 Å². The summed E-state index contributed by atoms with van der Waals surface area (Å²) >= 11 is 0. The van der Waals surface area contributed by atoms with Crippen LogP contribution >= 0.6 is 0 Å². The molecule has 2 rings (SSSR count). The Morgan fingerprint density at radius 1 is 1.10 bits per heavy atom. The van der Waals surface area contributed by atoms with Gasteiger partial charge >= 0.3 is 0 Å². The summed E-state index contributed by atoms with van der Waals surface area (Å²) in [7, 11) is 1.58. The second-order valence-corrected chi connectivity index (χ2v) is 4.76. The van der Waals surface area contributed by atoms with Crippen molar-refractivity contribution in [2.75, 3.05) is 19.0 Å². The average Bonchev–Trinajstić information content (AvgIpc) is 2.48. The number of aryl methyl sites for hydroxylation is 1. The molecular weight excluding hydrogens is 266 g/mol. The minimum Gasteiger partial charge on any atom is -0.507 e. The molecule has 2 aromatic rings. The quantitative estimate of drug-likeness (QED) is 0.850. The van der Waals surface area contributed by atoms with Gasteiger partial charge in [-0.25, -0.2) is 0 Å². The van der Waals surface area contributed by atoms with Crippen molar-refractivity contribution < 1.29 is 14.6 Å². The van der Waals surface area contributed by atoms with Gasteiger partial charge in [0.05, 0.1) is 13.7 Å². The molecule has 2 aromatic carbocycles. The summed E-state index contributed by atoms with van der Waals surface area (Å²) in [4.78, 5) is 0. The average molecular weight is 287 g/mol. The first-order valence-electron chi connectivity index (χ1n) is 6.97. The fourth-order valence-corrected chi connectivity index (χ4v) is 2.10. The first kappa shape index (κ1) is 15.0. The third kappa shape index (κ3) is 3.81. The molecule has 0 unspecified atom stereocenters. The lowest BCUT2D eigenvalue weighted by atomic mass is 10.1. The van der Waals surface area contributed by atoms with Gasteiger partial charge in [0, 0.05) is 23.9 Å². The third-order valence-corrected chi connectivity index (χ3v) is 3.27. The van der Waals surface area contributed by atoms with Crippen molar-refractivity contribution in [1.29, 1.82) is 0 Å². The number of hydrogen-bond donors (Lipinski definition) is 2. The molecule has 2 N–H and O–H groups in total. The highest BCUT2D eigenvalue weighted by atomic mass is 16.5. The Hall–Kier alpha value is -2.36. The van der Waals surface area contributed by atoms with E-state index >= 15 is 0 Å². The van der Waals surface area contributed by atoms with E-state index in [9.17, 15) is 5.11 Å². The maximum Gasteiger partial charge on any atom is 0.124 e. The van der Waals surface area contributed by atoms with E-state index in [1.165, 1.54) is 0 Å². The van der Waals surface area contributed by atoms with Crippen LogP contribution in [0.15, 0.2) is 36.4 Å². The summed E-state index contributed by atoms with van der Waals surface area (Å²) in [5.41, 5.74) is 2.95. The van der Waals surface area contributed by atoms with Gasteiger partial charge in [-0.3, -0.25) is 0 Å². The van der Waals surface area contributed by atoms with Crippen LogP contribution in [0, 0.1) is 6.92 Å². The first-order valence-corrected chi connectivity index (χ1v) is 6.97. The zero-order valence-corrected chi connectivity index (χ0v) is 12.6. The Balaban J connectivity index is 2.06. The summed E-state index contributed by atoms with van der Waals surface area (Å²) < 4.78 is 10.5. The highest BCUT2D eigenvalue weighted by Gasteiger charge is 2.05. The summed E-state index contributed by atoms with van der Waals surface area (Å²) in [5, 5.41) is 13.3. The van der Waals surface area contributed by atoms with Crippen molar-refractivity contribution in [3.8, 4) is 17.2 Å². The molecule has 21 heavy (non-hydrogen) atoms. The molecule has 0 aromatic heterocycles. The summed E-state index contributed by atoms with van der Waals surface area (Å²) in [6.45, 7) is 5.20. The lowest BCUT2D eigenvalue weighted by Gasteiger charge is -2.13. The van der Waals surface area contributed by atoms with Crippen LogP contribution < -0.4 is 14.8 Å². The molecule has 0 atom stereocenters. The molecule has 4 heteroatoms.